The zero-order chi connectivity index (χ0) is 14.8. The summed E-state index contributed by atoms with van der Waals surface area (Å²) in [6, 6.07) is 7.30. The molecule has 1 aromatic carbocycles. The molecule has 0 spiro atoms. The lowest BCUT2D eigenvalue weighted by Crippen LogP contribution is -2.35. The van der Waals surface area contributed by atoms with Crippen molar-refractivity contribution in [2.24, 2.45) is 0 Å². The minimum absolute atomic E-state index is 0.0503. The van der Waals surface area contributed by atoms with Crippen molar-refractivity contribution in [1.29, 1.82) is 0 Å². The second kappa shape index (κ2) is 6.08. The van der Waals surface area contributed by atoms with Gasteiger partial charge < -0.3 is 5.32 Å². The fourth-order valence-corrected chi connectivity index (χ4v) is 1.92. The quantitative estimate of drug-likeness (QED) is 0.916. The molecule has 0 aliphatic heterocycles. The van der Waals surface area contributed by atoms with Crippen molar-refractivity contribution in [2.75, 3.05) is 0 Å². The van der Waals surface area contributed by atoms with Crippen molar-refractivity contribution in [2.45, 2.75) is 32.9 Å². The predicted octanol–water partition coefficient (Wildman–Crippen LogP) is 4.34. The van der Waals surface area contributed by atoms with Crippen LogP contribution < -0.4 is 5.32 Å². The molecule has 0 fully saturated rings. The first-order valence-electron chi connectivity index (χ1n) is 6.37. The van der Waals surface area contributed by atoms with Crippen LogP contribution in [0.15, 0.2) is 30.5 Å². The summed E-state index contributed by atoms with van der Waals surface area (Å²) in [5.74, 6) is 0.650. The van der Waals surface area contributed by atoms with Gasteiger partial charge in [0.05, 0.1) is 15.7 Å². The third-order valence-corrected chi connectivity index (χ3v) is 3.43. The lowest BCUT2D eigenvalue weighted by atomic mass is 10.1. The molecule has 0 unspecified atom stereocenters. The van der Waals surface area contributed by atoms with E-state index in [1.54, 1.807) is 18.3 Å². The summed E-state index contributed by atoms with van der Waals surface area (Å²) >= 11 is 11.9. The standard InChI is InChI=1S/C15H17Cl2N3/c1-15(2,3)19-9-11-6-7-18-14(20-11)10-4-5-12(16)13(17)8-10/h4-8,19H,9H2,1-3H3. The van der Waals surface area contributed by atoms with Crippen LogP contribution in [-0.4, -0.2) is 15.5 Å². The number of benzene rings is 1. The molecule has 0 aliphatic carbocycles. The largest absolute Gasteiger partial charge is 0.306 e. The summed E-state index contributed by atoms with van der Waals surface area (Å²) in [6.07, 6.45) is 1.75. The van der Waals surface area contributed by atoms with E-state index in [0.717, 1.165) is 11.3 Å². The molecule has 0 atom stereocenters. The molecule has 1 aromatic heterocycles. The van der Waals surface area contributed by atoms with E-state index >= 15 is 0 Å². The fraction of sp³-hybridized carbons (Fsp3) is 0.333. The zero-order valence-electron chi connectivity index (χ0n) is 11.7. The minimum Gasteiger partial charge on any atom is -0.306 e. The molecule has 2 aromatic rings. The first-order valence-corrected chi connectivity index (χ1v) is 7.13. The van der Waals surface area contributed by atoms with Crippen LogP contribution in [0.4, 0.5) is 0 Å². The molecule has 1 N–H and O–H groups in total. The van der Waals surface area contributed by atoms with Gasteiger partial charge in [0.25, 0.3) is 0 Å². The molecule has 5 heteroatoms. The molecule has 0 amide bonds. The molecule has 0 saturated heterocycles. The second-order valence-electron chi connectivity index (χ2n) is 5.60. The van der Waals surface area contributed by atoms with Gasteiger partial charge in [-0.2, -0.15) is 0 Å². The highest BCUT2D eigenvalue weighted by atomic mass is 35.5. The fourth-order valence-electron chi connectivity index (χ4n) is 1.62. The zero-order valence-corrected chi connectivity index (χ0v) is 13.3. The van der Waals surface area contributed by atoms with Crippen molar-refractivity contribution >= 4 is 23.2 Å². The van der Waals surface area contributed by atoms with Gasteiger partial charge in [-0.05, 0) is 45.0 Å². The van der Waals surface area contributed by atoms with E-state index in [0.29, 0.717) is 22.4 Å². The topological polar surface area (TPSA) is 37.8 Å². The first-order chi connectivity index (χ1) is 9.35. The van der Waals surface area contributed by atoms with E-state index in [1.165, 1.54) is 0 Å². The third-order valence-electron chi connectivity index (χ3n) is 2.69. The molecule has 0 aliphatic rings. The van der Waals surface area contributed by atoms with Gasteiger partial charge in [0.1, 0.15) is 0 Å². The molecule has 1 heterocycles. The molecule has 0 radical (unpaired) electrons. The highest BCUT2D eigenvalue weighted by Crippen LogP contribution is 2.26. The Labute approximate surface area is 129 Å². The Morgan fingerprint density at radius 2 is 1.85 bits per heavy atom. The van der Waals surface area contributed by atoms with E-state index in [2.05, 4.69) is 36.1 Å². The molecule has 3 nitrogen and oxygen atoms in total. The van der Waals surface area contributed by atoms with Crippen LogP contribution in [0.25, 0.3) is 11.4 Å². The number of aromatic nitrogens is 2. The first kappa shape index (κ1) is 15.2. The molecule has 0 saturated carbocycles. The number of halogens is 2. The SMILES string of the molecule is CC(C)(C)NCc1ccnc(-c2ccc(Cl)c(Cl)c2)n1. The average Bonchev–Trinajstić information content (AvgIpc) is 2.39. The molecule has 0 bridgehead atoms. The molecular formula is C15H17Cl2N3. The van der Waals surface area contributed by atoms with Gasteiger partial charge in [0, 0.05) is 23.8 Å². The van der Waals surface area contributed by atoms with E-state index < -0.39 is 0 Å². The monoisotopic (exact) mass is 309 g/mol. The van der Waals surface area contributed by atoms with Gasteiger partial charge in [-0.1, -0.05) is 23.2 Å². The van der Waals surface area contributed by atoms with Crippen molar-refractivity contribution in [1.82, 2.24) is 15.3 Å². The maximum absolute atomic E-state index is 6.02. The Hall–Kier alpha value is -1.16. The van der Waals surface area contributed by atoms with Crippen LogP contribution in [0.5, 0.6) is 0 Å². The van der Waals surface area contributed by atoms with Gasteiger partial charge >= 0.3 is 0 Å². The predicted molar refractivity (Wildman–Crippen MR) is 84.1 cm³/mol. The van der Waals surface area contributed by atoms with Crippen LogP contribution in [0.2, 0.25) is 10.0 Å². The average molecular weight is 310 g/mol. The lowest BCUT2D eigenvalue weighted by molar-refractivity contribution is 0.421. The molecule has 2 rings (SSSR count). The van der Waals surface area contributed by atoms with Crippen molar-refractivity contribution in [3.05, 3.63) is 46.2 Å². The Bertz CT molecular complexity index is 606. The number of rotatable bonds is 3. The summed E-state index contributed by atoms with van der Waals surface area (Å²) < 4.78 is 0. The minimum atomic E-state index is 0.0503. The number of hydrogen-bond donors (Lipinski definition) is 1. The van der Waals surface area contributed by atoms with Crippen LogP contribution in [-0.2, 0) is 6.54 Å². The van der Waals surface area contributed by atoms with E-state index in [9.17, 15) is 0 Å². The maximum atomic E-state index is 6.02. The van der Waals surface area contributed by atoms with Gasteiger partial charge in [0.15, 0.2) is 5.82 Å². The van der Waals surface area contributed by atoms with Crippen molar-refractivity contribution in [3.63, 3.8) is 0 Å². The maximum Gasteiger partial charge on any atom is 0.159 e. The molecular weight excluding hydrogens is 293 g/mol. The normalized spacial score (nSPS) is 11.7. The number of hydrogen-bond acceptors (Lipinski definition) is 3. The smallest absolute Gasteiger partial charge is 0.159 e. The lowest BCUT2D eigenvalue weighted by Gasteiger charge is -2.20. The summed E-state index contributed by atoms with van der Waals surface area (Å²) in [5, 5.41) is 4.43. The Balaban J connectivity index is 2.23. The Morgan fingerprint density at radius 3 is 2.50 bits per heavy atom. The Morgan fingerprint density at radius 1 is 1.10 bits per heavy atom. The highest BCUT2D eigenvalue weighted by Gasteiger charge is 2.10. The molecule has 20 heavy (non-hydrogen) atoms. The Kier molecular flexibility index (Phi) is 4.63. The summed E-state index contributed by atoms with van der Waals surface area (Å²) in [5.41, 5.74) is 1.85. The van der Waals surface area contributed by atoms with E-state index in [-0.39, 0.29) is 5.54 Å². The van der Waals surface area contributed by atoms with E-state index in [4.69, 9.17) is 23.2 Å². The van der Waals surface area contributed by atoms with Crippen LogP contribution in [0.3, 0.4) is 0 Å². The summed E-state index contributed by atoms with van der Waals surface area (Å²) in [4.78, 5) is 8.83. The van der Waals surface area contributed by atoms with Crippen LogP contribution in [0.1, 0.15) is 26.5 Å². The number of nitrogens with zero attached hydrogens (tertiary/aromatic N) is 2. The second-order valence-corrected chi connectivity index (χ2v) is 6.42. The van der Waals surface area contributed by atoms with Gasteiger partial charge in [-0.3, -0.25) is 0 Å². The van der Waals surface area contributed by atoms with Gasteiger partial charge in [-0.15, -0.1) is 0 Å². The van der Waals surface area contributed by atoms with Crippen LogP contribution in [0, 0.1) is 0 Å². The van der Waals surface area contributed by atoms with Crippen LogP contribution >= 0.6 is 23.2 Å². The highest BCUT2D eigenvalue weighted by molar-refractivity contribution is 6.42. The van der Waals surface area contributed by atoms with Crippen molar-refractivity contribution in [3.8, 4) is 11.4 Å². The number of nitrogens with one attached hydrogen (secondary N) is 1. The third kappa shape index (κ3) is 4.17. The van der Waals surface area contributed by atoms with E-state index in [1.807, 2.05) is 12.1 Å². The molecule has 106 valence electrons. The van der Waals surface area contributed by atoms with Gasteiger partial charge in [-0.25, -0.2) is 9.97 Å². The summed E-state index contributed by atoms with van der Waals surface area (Å²) in [6.45, 7) is 7.05. The summed E-state index contributed by atoms with van der Waals surface area (Å²) in [7, 11) is 0. The van der Waals surface area contributed by atoms with Gasteiger partial charge in [0.2, 0.25) is 0 Å². The van der Waals surface area contributed by atoms with Crippen molar-refractivity contribution < 1.29 is 0 Å².